The van der Waals surface area contributed by atoms with Crippen molar-refractivity contribution in [2.24, 2.45) is 0 Å². The number of quaternary nitrogens is 1. The van der Waals surface area contributed by atoms with Gasteiger partial charge >= 0.3 is 0 Å². The largest absolute Gasteiger partial charge is 0.497 e. The molecule has 0 spiro atoms. The molecule has 146 valence electrons. The lowest BCUT2D eigenvalue weighted by atomic mass is 10.0. The number of hydrogen-bond donors (Lipinski definition) is 1. The first-order chi connectivity index (χ1) is 13.0. The Labute approximate surface area is 162 Å². The maximum atomic E-state index is 12.8. The van der Waals surface area contributed by atoms with Gasteiger partial charge < -0.3 is 9.64 Å². The molecule has 6 heteroatoms. The van der Waals surface area contributed by atoms with Crippen LogP contribution in [0, 0.1) is 0 Å². The molecule has 3 rings (SSSR count). The number of piperazine rings is 1. The van der Waals surface area contributed by atoms with Crippen LogP contribution in [0.4, 0.5) is 0 Å². The number of nitrogens with zero attached hydrogens (tertiary/aromatic N) is 1. The number of rotatable bonds is 7. The monoisotopic (exact) mass is 389 g/mol. The number of aryl methyl sites for hydroxylation is 1. The van der Waals surface area contributed by atoms with Crippen LogP contribution < -0.4 is 9.64 Å². The zero-order valence-corrected chi connectivity index (χ0v) is 16.9. The highest BCUT2D eigenvalue weighted by Gasteiger charge is 2.32. The van der Waals surface area contributed by atoms with Crippen LogP contribution in [0.2, 0.25) is 0 Å². The zero-order valence-electron chi connectivity index (χ0n) is 16.1. The molecule has 2 aromatic rings. The van der Waals surface area contributed by atoms with E-state index in [1.165, 1.54) is 10.5 Å². The van der Waals surface area contributed by atoms with Crippen LogP contribution in [0.25, 0.3) is 0 Å². The van der Waals surface area contributed by atoms with E-state index in [4.69, 9.17) is 4.74 Å². The van der Waals surface area contributed by atoms with Crippen molar-refractivity contribution >= 4 is 10.0 Å². The van der Waals surface area contributed by atoms with Crippen LogP contribution in [0.3, 0.4) is 0 Å². The summed E-state index contributed by atoms with van der Waals surface area (Å²) in [6.45, 7) is 5.11. The Bertz CT molecular complexity index is 814. The number of hydrogen-bond acceptors (Lipinski definition) is 3. The first-order valence-electron chi connectivity index (χ1n) is 9.53. The van der Waals surface area contributed by atoms with Crippen molar-refractivity contribution in [2.75, 3.05) is 33.3 Å². The van der Waals surface area contributed by atoms with Crippen molar-refractivity contribution in [1.82, 2.24) is 4.31 Å². The van der Waals surface area contributed by atoms with E-state index in [0.717, 1.165) is 25.9 Å². The molecule has 0 radical (unpaired) electrons. The van der Waals surface area contributed by atoms with Gasteiger partial charge in [-0.3, -0.25) is 0 Å². The summed E-state index contributed by atoms with van der Waals surface area (Å²) in [5.41, 5.74) is 1.37. The number of methoxy groups -OCH3 is 1. The third-order valence-electron chi connectivity index (χ3n) is 5.47. The summed E-state index contributed by atoms with van der Waals surface area (Å²) < 4.78 is 32.4. The first-order valence-corrected chi connectivity index (χ1v) is 11.0. The van der Waals surface area contributed by atoms with Gasteiger partial charge in [0.2, 0.25) is 10.0 Å². The quantitative estimate of drug-likeness (QED) is 0.783. The van der Waals surface area contributed by atoms with E-state index >= 15 is 0 Å². The third-order valence-corrected chi connectivity index (χ3v) is 7.38. The van der Waals surface area contributed by atoms with E-state index in [1.807, 2.05) is 6.07 Å². The summed E-state index contributed by atoms with van der Waals surface area (Å²) in [6, 6.07) is 17.7. The molecule has 0 saturated carbocycles. The van der Waals surface area contributed by atoms with Crippen LogP contribution in [0.1, 0.15) is 18.9 Å². The lowest BCUT2D eigenvalue weighted by Gasteiger charge is -2.34. The molecule has 1 N–H and O–H groups in total. The normalized spacial score (nSPS) is 17.6. The van der Waals surface area contributed by atoms with Gasteiger partial charge in [0.05, 0.1) is 44.2 Å². The molecule has 0 bridgehead atoms. The second-order valence-electron chi connectivity index (χ2n) is 7.16. The van der Waals surface area contributed by atoms with E-state index in [9.17, 15) is 8.42 Å². The summed E-state index contributed by atoms with van der Waals surface area (Å²) in [5.74, 6) is 0.662. The second kappa shape index (κ2) is 8.87. The molecule has 1 atom stereocenters. The van der Waals surface area contributed by atoms with Crippen molar-refractivity contribution in [2.45, 2.75) is 30.7 Å². The highest BCUT2D eigenvalue weighted by atomic mass is 32.2. The highest BCUT2D eigenvalue weighted by Crippen LogP contribution is 2.19. The summed E-state index contributed by atoms with van der Waals surface area (Å²) in [7, 11) is -1.85. The van der Waals surface area contributed by atoms with Crippen LogP contribution in [-0.2, 0) is 16.4 Å². The molecule has 27 heavy (non-hydrogen) atoms. The standard InChI is InChI=1S/C21H28N2O3S/c1-18(8-9-19-6-4-3-5-7-19)22-14-16-23(17-15-22)27(24,25)21-12-10-20(26-2)11-13-21/h3-7,10-13,18H,8-9,14-17H2,1-2H3/p+1. The van der Waals surface area contributed by atoms with Gasteiger partial charge in [-0.1, -0.05) is 30.3 Å². The molecule has 0 amide bonds. The fourth-order valence-corrected chi connectivity index (χ4v) is 5.08. The molecule has 1 fully saturated rings. The van der Waals surface area contributed by atoms with Crippen molar-refractivity contribution in [3.8, 4) is 5.75 Å². The predicted molar refractivity (Wildman–Crippen MR) is 107 cm³/mol. The van der Waals surface area contributed by atoms with Gasteiger partial charge in [0.15, 0.2) is 0 Å². The smallest absolute Gasteiger partial charge is 0.243 e. The fraction of sp³-hybridized carbons (Fsp3) is 0.429. The molecular weight excluding hydrogens is 360 g/mol. The molecule has 1 aliphatic rings. The molecule has 1 unspecified atom stereocenters. The highest BCUT2D eigenvalue weighted by molar-refractivity contribution is 7.89. The van der Waals surface area contributed by atoms with E-state index in [2.05, 4.69) is 31.2 Å². The topological polar surface area (TPSA) is 51.1 Å². The fourth-order valence-electron chi connectivity index (χ4n) is 3.64. The van der Waals surface area contributed by atoms with Gasteiger partial charge in [-0.25, -0.2) is 8.42 Å². The minimum Gasteiger partial charge on any atom is -0.497 e. The van der Waals surface area contributed by atoms with E-state index in [1.54, 1.807) is 35.7 Å². The molecule has 2 aromatic carbocycles. The SMILES string of the molecule is COc1ccc(S(=O)(=O)N2CC[NH+](C(C)CCc3ccccc3)CC2)cc1. The van der Waals surface area contributed by atoms with Gasteiger partial charge in [-0.2, -0.15) is 4.31 Å². The van der Waals surface area contributed by atoms with Gasteiger partial charge in [0.1, 0.15) is 5.75 Å². The lowest BCUT2D eigenvalue weighted by Crippen LogP contribution is -3.18. The molecular formula is C21H29N2O3S+. The summed E-state index contributed by atoms with van der Waals surface area (Å²) in [5, 5.41) is 0. The van der Waals surface area contributed by atoms with E-state index in [0.29, 0.717) is 29.8 Å². The Morgan fingerprint density at radius 3 is 2.26 bits per heavy atom. The predicted octanol–water partition coefficient (Wildman–Crippen LogP) is 1.61. The number of nitrogens with one attached hydrogen (secondary N) is 1. The Morgan fingerprint density at radius 1 is 1.04 bits per heavy atom. The average Bonchev–Trinajstić information content (AvgIpc) is 2.73. The van der Waals surface area contributed by atoms with Crippen LogP contribution in [-0.4, -0.2) is 52.1 Å². The van der Waals surface area contributed by atoms with E-state index in [-0.39, 0.29) is 0 Å². The Hall–Kier alpha value is -1.89. The molecule has 1 saturated heterocycles. The first kappa shape index (κ1) is 19.9. The van der Waals surface area contributed by atoms with Crippen molar-refractivity contribution in [3.63, 3.8) is 0 Å². The Kier molecular flexibility index (Phi) is 6.52. The van der Waals surface area contributed by atoms with Crippen LogP contribution in [0.5, 0.6) is 5.75 Å². The lowest BCUT2D eigenvalue weighted by molar-refractivity contribution is -0.927. The number of ether oxygens (including phenoxy) is 1. The molecule has 5 nitrogen and oxygen atoms in total. The summed E-state index contributed by atoms with van der Waals surface area (Å²) in [4.78, 5) is 1.83. The zero-order chi connectivity index (χ0) is 19.3. The maximum Gasteiger partial charge on any atom is 0.243 e. The van der Waals surface area contributed by atoms with Gasteiger partial charge in [0, 0.05) is 6.42 Å². The second-order valence-corrected chi connectivity index (χ2v) is 9.10. The van der Waals surface area contributed by atoms with Crippen molar-refractivity contribution in [3.05, 3.63) is 60.2 Å². The molecule has 1 heterocycles. The minimum atomic E-state index is -3.43. The van der Waals surface area contributed by atoms with Crippen LogP contribution in [0.15, 0.2) is 59.5 Å². The van der Waals surface area contributed by atoms with Crippen molar-refractivity contribution < 1.29 is 18.1 Å². The van der Waals surface area contributed by atoms with Gasteiger partial charge in [0.25, 0.3) is 0 Å². The minimum absolute atomic E-state index is 0.337. The molecule has 0 aromatic heterocycles. The number of benzene rings is 2. The van der Waals surface area contributed by atoms with Crippen molar-refractivity contribution in [1.29, 1.82) is 0 Å². The maximum absolute atomic E-state index is 12.8. The number of sulfonamides is 1. The molecule has 0 aliphatic carbocycles. The van der Waals surface area contributed by atoms with Gasteiger partial charge in [-0.15, -0.1) is 0 Å². The summed E-state index contributed by atoms with van der Waals surface area (Å²) >= 11 is 0. The third kappa shape index (κ3) is 4.89. The molecule has 1 aliphatic heterocycles. The van der Waals surface area contributed by atoms with Gasteiger partial charge in [-0.05, 0) is 43.2 Å². The Balaban J connectivity index is 1.54. The summed E-state index contributed by atoms with van der Waals surface area (Å²) in [6.07, 6.45) is 2.18. The van der Waals surface area contributed by atoms with Crippen LogP contribution >= 0.6 is 0 Å². The van der Waals surface area contributed by atoms with E-state index < -0.39 is 10.0 Å². The average molecular weight is 390 g/mol. The Morgan fingerprint density at radius 2 is 1.67 bits per heavy atom.